The topological polar surface area (TPSA) is 80.5 Å². The van der Waals surface area contributed by atoms with E-state index in [-0.39, 0.29) is 5.71 Å². The molecule has 0 saturated heterocycles. The molecular formula is C14H16N2O4. The summed E-state index contributed by atoms with van der Waals surface area (Å²) in [5.41, 5.74) is 1.77. The third-order valence-corrected chi connectivity index (χ3v) is 2.44. The second-order valence-corrected chi connectivity index (χ2v) is 3.78. The molecule has 0 radical (unpaired) electrons. The number of benzene rings is 1. The SMILES string of the molecule is CON=C(C(=O)OC)c1ccccc1C=C/C(C)=N/O. The van der Waals surface area contributed by atoms with Crippen LogP contribution >= 0.6 is 0 Å². The molecule has 1 rings (SSSR count). The Morgan fingerprint density at radius 2 is 2.00 bits per heavy atom. The Labute approximate surface area is 117 Å². The first-order chi connectivity index (χ1) is 9.63. The molecule has 0 amide bonds. The normalized spacial score (nSPS) is 12.6. The fourth-order valence-corrected chi connectivity index (χ4v) is 1.49. The Morgan fingerprint density at radius 3 is 2.60 bits per heavy atom. The van der Waals surface area contributed by atoms with Crippen LogP contribution in [0.2, 0.25) is 0 Å². The molecule has 0 heterocycles. The summed E-state index contributed by atoms with van der Waals surface area (Å²) in [5, 5.41) is 15.4. The lowest BCUT2D eigenvalue weighted by Crippen LogP contribution is -2.18. The van der Waals surface area contributed by atoms with Crippen molar-refractivity contribution >= 4 is 23.5 Å². The molecule has 0 aliphatic carbocycles. The van der Waals surface area contributed by atoms with Crippen LogP contribution in [0.25, 0.3) is 6.08 Å². The molecule has 6 heteroatoms. The van der Waals surface area contributed by atoms with Crippen LogP contribution < -0.4 is 0 Å². The molecule has 0 aliphatic heterocycles. The van der Waals surface area contributed by atoms with Crippen molar-refractivity contribution in [2.75, 3.05) is 14.2 Å². The van der Waals surface area contributed by atoms with Gasteiger partial charge in [0.15, 0.2) is 5.71 Å². The van der Waals surface area contributed by atoms with Crippen molar-refractivity contribution < 1.29 is 19.6 Å². The number of oxime groups is 2. The van der Waals surface area contributed by atoms with E-state index in [0.29, 0.717) is 11.3 Å². The van der Waals surface area contributed by atoms with E-state index in [1.54, 1.807) is 37.3 Å². The average Bonchev–Trinajstić information content (AvgIpc) is 2.49. The van der Waals surface area contributed by atoms with Crippen molar-refractivity contribution in [1.82, 2.24) is 0 Å². The van der Waals surface area contributed by atoms with Gasteiger partial charge in [-0.2, -0.15) is 0 Å². The van der Waals surface area contributed by atoms with Crippen molar-refractivity contribution in [3.63, 3.8) is 0 Å². The van der Waals surface area contributed by atoms with Gasteiger partial charge in [-0.3, -0.25) is 0 Å². The zero-order valence-electron chi connectivity index (χ0n) is 11.5. The van der Waals surface area contributed by atoms with E-state index < -0.39 is 5.97 Å². The Hall–Kier alpha value is -2.63. The maximum Gasteiger partial charge on any atom is 0.360 e. The first-order valence-electron chi connectivity index (χ1n) is 5.79. The molecule has 0 fully saturated rings. The van der Waals surface area contributed by atoms with Crippen LogP contribution in [-0.2, 0) is 14.4 Å². The average molecular weight is 276 g/mol. The summed E-state index contributed by atoms with van der Waals surface area (Å²) in [6.07, 6.45) is 3.32. The number of ether oxygens (including phenoxy) is 1. The van der Waals surface area contributed by atoms with E-state index >= 15 is 0 Å². The lowest BCUT2D eigenvalue weighted by Gasteiger charge is -2.07. The van der Waals surface area contributed by atoms with Crippen LogP contribution in [-0.4, -0.2) is 36.8 Å². The summed E-state index contributed by atoms with van der Waals surface area (Å²) in [6, 6.07) is 7.11. The van der Waals surface area contributed by atoms with Crippen molar-refractivity contribution in [2.45, 2.75) is 6.92 Å². The van der Waals surface area contributed by atoms with Crippen molar-refractivity contribution in [3.8, 4) is 0 Å². The van der Waals surface area contributed by atoms with Gasteiger partial charge in [-0.25, -0.2) is 4.79 Å². The molecule has 20 heavy (non-hydrogen) atoms. The fraction of sp³-hybridized carbons (Fsp3) is 0.214. The number of carbonyl (C=O) groups is 1. The van der Waals surface area contributed by atoms with Gasteiger partial charge >= 0.3 is 5.97 Å². The molecule has 0 unspecified atom stereocenters. The van der Waals surface area contributed by atoms with E-state index in [1.165, 1.54) is 14.2 Å². The molecule has 1 aromatic carbocycles. The number of esters is 1. The summed E-state index contributed by atoms with van der Waals surface area (Å²) in [4.78, 5) is 16.4. The Balaban J connectivity index is 3.27. The van der Waals surface area contributed by atoms with E-state index in [2.05, 4.69) is 19.9 Å². The molecule has 0 spiro atoms. The summed E-state index contributed by atoms with van der Waals surface area (Å²) >= 11 is 0. The largest absolute Gasteiger partial charge is 0.464 e. The minimum Gasteiger partial charge on any atom is -0.464 e. The Morgan fingerprint density at radius 1 is 1.30 bits per heavy atom. The highest BCUT2D eigenvalue weighted by atomic mass is 16.6. The number of allylic oxidation sites excluding steroid dienone is 1. The predicted octanol–water partition coefficient (Wildman–Crippen LogP) is 2.07. The summed E-state index contributed by atoms with van der Waals surface area (Å²) < 4.78 is 4.68. The number of methoxy groups -OCH3 is 1. The fourth-order valence-electron chi connectivity index (χ4n) is 1.49. The number of hydrogen-bond donors (Lipinski definition) is 1. The summed E-state index contributed by atoms with van der Waals surface area (Å²) in [7, 11) is 2.62. The smallest absolute Gasteiger partial charge is 0.360 e. The highest BCUT2D eigenvalue weighted by Crippen LogP contribution is 2.13. The first-order valence-corrected chi connectivity index (χ1v) is 5.79. The molecule has 1 aromatic rings. The van der Waals surface area contributed by atoms with Gasteiger partial charge < -0.3 is 14.8 Å². The lowest BCUT2D eigenvalue weighted by atomic mass is 10.0. The molecular weight excluding hydrogens is 260 g/mol. The van der Waals surface area contributed by atoms with Gasteiger partial charge in [-0.1, -0.05) is 40.7 Å². The highest BCUT2D eigenvalue weighted by Gasteiger charge is 2.17. The summed E-state index contributed by atoms with van der Waals surface area (Å²) in [6.45, 7) is 1.64. The van der Waals surface area contributed by atoms with E-state index in [4.69, 9.17) is 5.21 Å². The van der Waals surface area contributed by atoms with E-state index in [9.17, 15) is 4.79 Å². The Bertz CT molecular complexity index is 562. The van der Waals surface area contributed by atoms with Gasteiger partial charge in [0.25, 0.3) is 0 Å². The number of nitrogens with zero attached hydrogens (tertiary/aromatic N) is 2. The predicted molar refractivity (Wildman–Crippen MR) is 75.9 cm³/mol. The molecule has 1 N–H and O–H groups in total. The van der Waals surface area contributed by atoms with Gasteiger partial charge in [0.1, 0.15) is 7.11 Å². The summed E-state index contributed by atoms with van der Waals surface area (Å²) in [5.74, 6) is -0.597. The third-order valence-electron chi connectivity index (χ3n) is 2.44. The van der Waals surface area contributed by atoms with Crippen molar-refractivity contribution in [3.05, 3.63) is 41.5 Å². The minimum atomic E-state index is -0.597. The van der Waals surface area contributed by atoms with Crippen molar-refractivity contribution in [2.24, 2.45) is 10.3 Å². The van der Waals surface area contributed by atoms with Gasteiger partial charge in [0.2, 0.25) is 0 Å². The second-order valence-electron chi connectivity index (χ2n) is 3.78. The zero-order valence-corrected chi connectivity index (χ0v) is 11.5. The molecule has 106 valence electrons. The number of hydrogen-bond acceptors (Lipinski definition) is 6. The maximum absolute atomic E-state index is 11.7. The molecule has 0 aromatic heterocycles. The van der Waals surface area contributed by atoms with Crippen LogP contribution in [0.15, 0.2) is 40.7 Å². The second kappa shape index (κ2) is 7.73. The first kappa shape index (κ1) is 15.4. The monoisotopic (exact) mass is 276 g/mol. The van der Waals surface area contributed by atoms with E-state index in [0.717, 1.165) is 5.56 Å². The van der Waals surface area contributed by atoms with Crippen LogP contribution in [0.4, 0.5) is 0 Å². The quantitative estimate of drug-likeness (QED) is 0.386. The number of carbonyl (C=O) groups excluding carboxylic acids is 1. The maximum atomic E-state index is 11.7. The van der Waals surface area contributed by atoms with Crippen LogP contribution in [0.3, 0.4) is 0 Å². The van der Waals surface area contributed by atoms with Gasteiger partial charge in [0.05, 0.1) is 12.8 Å². The van der Waals surface area contributed by atoms with Crippen molar-refractivity contribution in [1.29, 1.82) is 0 Å². The molecule has 0 saturated carbocycles. The highest BCUT2D eigenvalue weighted by molar-refractivity contribution is 6.43. The molecule has 0 bridgehead atoms. The number of rotatable bonds is 5. The van der Waals surface area contributed by atoms with Gasteiger partial charge in [-0.15, -0.1) is 0 Å². The standard InChI is InChI=1S/C14H16N2O4/c1-10(15-18)8-9-11-6-4-5-7-12(11)13(16-20-3)14(17)19-2/h4-9,18H,1-3H3/b9-8?,15-10+,16-13?. The van der Waals surface area contributed by atoms with Crippen LogP contribution in [0.1, 0.15) is 18.1 Å². The zero-order chi connectivity index (χ0) is 15.0. The van der Waals surface area contributed by atoms with Gasteiger partial charge in [-0.05, 0) is 18.6 Å². The van der Waals surface area contributed by atoms with Crippen LogP contribution in [0, 0.1) is 0 Å². The van der Waals surface area contributed by atoms with Crippen LogP contribution in [0.5, 0.6) is 0 Å². The van der Waals surface area contributed by atoms with E-state index in [1.807, 2.05) is 6.07 Å². The molecule has 0 atom stereocenters. The minimum absolute atomic E-state index is 0.0637. The Kier molecular flexibility index (Phi) is 5.96. The third kappa shape index (κ3) is 3.94. The molecule has 0 aliphatic rings. The molecule has 6 nitrogen and oxygen atoms in total. The van der Waals surface area contributed by atoms with Gasteiger partial charge in [0, 0.05) is 5.56 Å². The lowest BCUT2D eigenvalue weighted by molar-refractivity contribution is -0.132.